The molecule has 2 rings (SSSR count). The molecule has 2 N–H and O–H groups in total. The van der Waals surface area contributed by atoms with Crippen LogP contribution in [0.1, 0.15) is 10.4 Å². The summed E-state index contributed by atoms with van der Waals surface area (Å²) >= 11 is 0. The number of rotatable bonds is 3. The van der Waals surface area contributed by atoms with Gasteiger partial charge in [-0.05, 0) is 12.1 Å². The average Bonchev–Trinajstić information content (AvgIpc) is 2.38. The monoisotopic (exact) mass is 277 g/mol. The number of nitrogens with zero attached hydrogens (tertiary/aromatic N) is 1. The third-order valence-corrected chi connectivity index (χ3v) is 2.44. The molecule has 1 aromatic heterocycles. The van der Waals surface area contributed by atoms with Crippen LogP contribution < -0.4 is 10.9 Å². The number of aromatic nitrogens is 1. The third kappa shape index (κ3) is 2.86. The quantitative estimate of drug-likeness (QED) is 0.657. The minimum atomic E-state index is -0.746. The van der Waals surface area contributed by atoms with Gasteiger partial charge in [0.15, 0.2) is 0 Å². The Balaban J connectivity index is 2.34. The summed E-state index contributed by atoms with van der Waals surface area (Å²) in [5.74, 6) is -1.47. The van der Waals surface area contributed by atoms with Crippen molar-refractivity contribution in [1.82, 2.24) is 4.98 Å². The van der Waals surface area contributed by atoms with Crippen molar-refractivity contribution in [3.05, 3.63) is 68.4 Å². The van der Waals surface area contributed by atoms with Gasteiger partial charge in [-0.15, -0.1) is 0 Å². The fourth-order valence-electron chi connectivity index (χ4n) is 1.55. The van der Waals surface area contributed by atoms with Gasteiger partial charge in [0.2, 0.25) is 5.56 Å². The van der Waals surface area contributed by atoms with Crippen molar-refractivity contribution < 1.29 is 14.1 Å². The Bertz CT molecular complexity index is 741. The zero-order valence-corrected chi connectivity index (χ0v) is 9.92. The summed E-state index contributed by atoms with van der Waals surface area (Å²) < 4.78 is 13.1. The molecule has 1 aromatic carbocycles. The van der Waals surface area contributed by atoms with Crippen LogP contribution in [0.2, 0.25) is 0 Å². The van der Waals surface area contributed by atoms with E-state index in [1.807, 2.05) is 0 Å². The molecule has 0 aliphatic carbocycles. The molecular weight excluding hydrogens is 269 g/mol. The van der Waals surface area contributed by atoms with Crippen LogP contribution in [0.25, 0.3) is 0 Å². The number of nitro groups is 1. The molecular formula is C12H8FN3O4. The number of hydrogen-bond acceptors (Lipinski definition) is 4. The van der Waals surface area contributed by atoms with Crippen LogP contribution >= 0.6 is 0 Å². The maximum absolute atomic E-state index is 13.1. The van der Waals surface area contributed by atoms with E-state index in [2.05, 4.69) is 10.3 Å². The highest BCUT2D eigenvalue weighted by molar-refractivity contribution is 6.05. The molecule has 7 nitrogen and oxygen atoms in total. The van der Waals surface area contributed by atoms with Crippen LogP contribution in [-0.2, 0) is 0 Å². The van der Waals surface area contributed by atoms with Crippen LogP contribution in [0.4, 0.5) is 15.8 Å². The van der Waals surface area contributed by atoms with Gasteiger partial charge in [0, 0.05) is 30.0 Å². The van der Waals surface area contributed by atoms with Crippen molar-refractivity contribution in [2.45, 2.75) is 0 Å². The number of nitrogens with one attached hydrogen (secondary N) is 2. The maximum Gasteiger partial charge on any atom is 0.292 e. The standard InChI is InChI=1S/C12H8FN3O4/c13-8-1-2-10(16(19)20)9(6-8)15-12(18)7-3-4-14-11(17)5-7/h1-6H,(H,14,17)(H,15,18). The summed E-state index contributed by atoms with van der Waals surface area (Å²) in [6.45, 7) is 0. The van der Waals surface area contributed by atoms with E-state index in [4.69, 9.17) is 0 Å². The van der Waals surface area contributed by atoms with E-state index < -0.39 is 27.9 Å². The first-order chi connectivity index (χ1) is 9.47. The largest absolute Gasteiger partial charge is 0.329 e. The second-order valence-electron chi connectivity index (χ2n) is 3.81. The van der Waals surface area contributed by atoms with Crippen LogP contribution in [0, 0.1) is 15.9 Å². The van der Waals surface area contributed by atoms with E-state index >= 15 is 0 Å². The van der Waals surface area contributed by atoms with E-state index in [0.717, 1.165) is 24.3 Å². The van der Waals surface area contributed by atoms with E-state index in [0.29, 0.717) is 0 Å². The van der Waals surface area contributed by atoms with Gasteiger partial charge < -0.3 is 10.3 Å². The fourth-order valence-corrected chi connectivity index (χ4v) is 1.55. The predicted molar refractivity (Wildman–Crippen MR) is 68.1 cm³/mol. The number of halogens is 1. The third-order valence-electron chi connectivity index (χ3n) is 2.44. The van der Waals surface area contributed by atoms with Crippen molar-refractivity contribution in [3.63, 3.8) is 0 Å². The lowest BCUT2D eigenvalue weighted by Gasteiger charge is -2.05. The fraction of sp³-hybridized carbons (Fsp3) is 0. The average molecular weight is 277 g/mol. The zero-order valence-electron chi connectivity index (χ0n) is 9.92. The molecule has 0 bridgehead atoms. The molecule has 0 saturated carbocycles. The van der Waals surface area contributed by atoms with Crippen LogP contribution in [0.5, 0.6) is 0 Å². The van der Waals surface area contributed by atoms with Gasteiger partial charge in [0.25, 0.3) is 11.6 Å². The van der Waals surface area contributed by atoms with Crippen molar-refractivity contribution >= 4 is 17.3 Å². The summed E-state index contributed by atoms with van der Waals surface area (Å²) in [4.78, 5) is 35.3. The minimum Gasteiger partial charge on any atom is -0.329 e. The molecule has 20 heavy (non-hydrogen) atoms. The van der Waals surface area contributed by atoms with Crippen LogP contribution in [0.3, 0.4) is 0 Å². The number of aromatic amines is 1. The molecule has 102 valence electrons. The number of benzene rings is 1. The molecule has 1 heterocycles. The molecule has 0 radical (unpaired) electrons. The summed E-state index contributed by atoms with van der Waals surface area (Å²) in [5, 5.41) is 13.0. The van der Waals surface area contributed by atoms with E-state index in [1.54, 1.807) is 0 Å². The van der Waals surface area contributed by atoms with Gasteiger partial charge in [0.1, 0.15) is 11.5 Å². The van der Waals surface area contributed by atoms with Gasteiger partial charge in [0.05, 0.1) is 4.92 Å². The van der Waals surface area contributed by atoms with Crippen LogP contribution in [0.15, 0.2) is 41.3 Å². The molecule has 0 spiro atoms. The number of carbonyl (C=O) groups is 1. The number of H-pyrrole nitrogens is 1. The van der Waals surface area contributed by atoms with E-state index in [-0.39, 0.29) is 11.3 Å². The van der Waals surface area contributed by atoms with Crippen molar-refractivity contribution in [1.29, 1.82) is 0 Å². The Kier molecular flexibility index (Phi) is 3.56. The summed E-state index contributed by atoms with van der Waals surface area (Å²) in [6.07, 6.45) is 1.26. The second-order valence-corrected chi connectivity index (χ2v) is 3.81. The number of anilines is 1. The first-order valence-corrected chi connectivity index (χ1v) is 5.41. The Labute approximate surface area is 111 Å². The van der Waals surface area contributed by atoms with Crippen molar-refractivity contribution in [2.75, 3.05) is 5.32 Å². The van der Waals surface area contributed by atoms with Crippen molar-refractivity contribution in [3.8, 4) is 0 Å². The number of pyridine rings is 1. The zero-order chi connectivity index (χ0) is 14.7. The Morgan fingerprint density at radius 1 is 1.30 bits per heavy atom. The highest BCUT2D eigenvalue weighted by Gasteiger charge is 2.17. The normalized spacial score (nSPS) is 10.1. The lowest BCUT2D eigenvalue weighted by molar-refractivity contribution is -0.384. The number of nitro benzene ring substituents is 1. The lowest BCUT2D eigenvalue weighted by Crippen LogP contribution is -2.16. The Hall–Kier alpha value is -3.03. The number of hydrogen-bond donors (Lipinski definition) is 2. The summed E-state index contributed by atoms with van der Waals surface area (Å²) in [7, 11) is 0. The molecule has 0 unspecified atom stereocenters. The topological polar surface area (TPSA) is 105 Å². The molecule has 0 fully saturated rings. The first kappa shape index (κ1) is 13.4. The van der Waals surface area contributed by atoms with Gasteiger partial charge in [-0.25, -0.2) is 4.39 Å². The molecule has 0 aliphatic rings. The van der Waals surface area contributed by atoms with Gasteiger partial charge in [-0.1, -0.05) is 0 Å². The highest BCUT2D eigenvalue weighted by Crippen LogP contribution is 2.25. The summed E-state index contributed by atoms with van der Waals surface area (Å²) in [5.41, 5.74) is -1.21. The van der Waals surface area contributed by atoms with E-state index in [1.165, 1.54) is 12.3 Å². The summed E-state index contributed by atoms with van der Waals surface area (Å²) in [6, 6.07) is 5.05. The van der Waals surface area contributed by atoms with E-state index in [9.17, 15) is 24.1 Å². The molecule has 8 heteroatoms. The Morgan fingerprint density at radius 3 is 2.70 bits per heavy atom. The first-order valence-electron chi connectivity index (χ1n) is 5.41. The highest BCUT2D eigenvalue weighted by atomic mass is 19.1. The van der Waals surface area contributed by atoms with Crippen LogP contribution in [-0.4, -0.2) is 15.8 Å². The van der Waals surface area contributed by atoms with Gasteiger partial charge in [-0.3, -0.25) is 19.7 Å². The second kappa shape index (κ2) is 5.31. The minimum absolute atomic E-state index is 0.00677. The maximum atomic E-state index is 13.1. The molecule has 1 amide bonds. The van der Waals surface area contributed by atoms with Gasteiger partial charge in [-0.2, -0.15) is 0 Å². The Morgan fingerprint density at radius 2 is 2.05 bits per heavy atom. The lowest BCUT2D eigenvalue weighted by atomic mass is 10.2. The SMILES string of the molecule is O=C(Nc1cc(F)ccc1[N+](=O)[O-])c1cc[nH]c(=O)c1. The molecule has 0 saturated heterocycles. The van der Waals surface area contributed by atoms with Gasteiger partial charge >= 0.3 is 0 Å². The molecule has 0 atom stereocenters. The molecule has 0 aliphatic heterocycles. The smallest absolute Gasteiger partial charge is 0.292 e. The predicted octanol–water partition coefficient (Wildman–Crippen LogP) is 1.67. The van der Waals surface area contributed by atoms with Crippen molar-refractivity contribution in [2.24, 2.45) is 0 Å². The number of carbonyl (C=O) groups excluding carboxylic acids is 1. The molecule has 2 aromatic rings. The number of amides is 1.